The maximum atomic E-state index is 13.2. The van der Waals surface area contributed by atoms with Crippen molar-refractivity contribution in [2.24, 2.45) is 5.73 Å². The van der Waals surface area contributed by atoms with Gasteiger partial charge in [-0.1, -0.05) is 0 Å². The monoisotopic (exact) mass is 194 g/mol. The lowest BCUT2D eigenvalue weighted by molar-refractivity contribution is 0.0691. The number of carboxylic acid groups (broad SMARTS) is 1. The minimum absolute atomic E-state index is 0.0647. The number of rotatable bonds is 2. The van der Waals surface area contributed by atoms with Gasteiger partial charge in [-0.25, -0.2) is 9.18 Å². The Hall–Kier alpha value is -1.93. The first-order valence-electron chi connectivity index (χ1n) is 3.76. The van der Waals surface area contributed by atoms with Gasteiger partial charge in [0, 0.05) is 6.54 Å². The van der Waals surface area contributed by atoms with E-state index in [1.807, 2.05) is 0 Å². The molecule has 3 N–H and O–H groups in total. The Balaban J connectivity index is 3.44. The molecule has 1 aromatic rings. The lowest BCUT2D eigenvalue weighted by atomic mass is 10.1. The van der Waals surface area contributed by atoms with Gasteiger partial charge in [-0.2, -0.15) is 5.26 Å². The molecule has 0 aromatic heterocycles. The smallest absolute Gasteiger partial charge is 0.338 e. The van der Waals surface area contributed by atoms with Gasteiger partial charge in [-0.15, -0.1) is 0 Å². The van der Waals surface area contributed by atoms with Crippen LogP contribution in [0.5, 0.6) is 0 Å². The van der Waals surface area contributed by atoms with Crippen molar-refractivity contribution in [1.82, 2.24) is 0 Å². The van der Waals surface area contributed by atoms with Crippen molar-refractivity contribution in [1.29, 1.82) is 5.26 Å². The van der Waals surface area contributed by atoms with Crippen LogP contribution in [0.1, 0.15) is 21.5 Å². The first-order chi connectivity index (χ1) is 6.60. The van der Waals surface area contributed by atoms with E-state index < -0.39 is 17.3 Å². The number of carboxylic acids is 1. The quantitative estimate of drug-likeness (QED) is 0.730. The second kappa shape index (κ2) is 3.85. The molecule has 0 fully saturated rings. The zero-order valence-corrected chi connectivity index (χ0v) is 7.12. The van der Waals surface area contributed by atoms with E-state index in [0.29, 0.717) is 5.56 Å². The SMILES string of the molecule is N#Cc1cc(CN)cc(C(=O)O)c1F. The number of nitrogens with two attached hydrogens (primary N) is 1. The highest BCUT2D eigenvalue weighted by Crippen LogP contribution is 2.15. The fraction of sp³-hybridized carbons (Fsp3) is 0.111. The molecular formula is C9H7FN2O2. The third-order valence-electron chi connectivity index (χ3n) is 1.72. The average Bonchev–Trinajstić information content (AvgIpc) is 2.17. The minimum Gasteiger partial charge on any atom is -0.478 e. The summed E-state index contributed by atoms with van der Waals surface area (Å²) < 4.78 is 13.2. The number of nitriles is 1. The Kier molecular flexibility index (Phi) is 2.79. The van der Waals surface area contributed by atoms with Gasteiger partial charge in [-0.05, 0) is 17.7 Å². The van der Waals surface area contributed by atoms with Gasteiger partial charge in [0.05, 0.1) is 11.1 Å². The number of nitrogens with zero attached hydrogens (tertiary/aromatic N) is 1. The predicted octanol–water partition coefficient (Wildman–Crippen LogP) is 0.854. The highest BCUT2D eigenvalue weighted by atomic mass is 19.1. The second-order valence-corrected chi connectivity index (χ2v) is 2.63. The standard InChI is InChI=1S/C9H7FN2O2/c10-8-6(4-12)1-5(3-11)2-7(8)9(13)14/h1-2H,3,11H2,(H,13,14). The molecule has 1 rings (SSSR count). The van der Waals surface area contributed by atoms with Crippen molar-refractivity contribution in [3.8, 4) is 6.07 Å². The van der Waals surface area contributed by atoms with Gasteiger partial charge in [0.2, 0.25) is 0 Å². The average molecular weight is 194 g/mol. The van der Waals surface area contributed by atoms with Crippen molar-refractivity contribution >= 4 is 5.97 Å². The molecule has 0 heterocycles. The van der Waals surface area contributed by atoms with E-state index in [2.05, 4.69) is 0 Å². The van der Waals surface area contributed by atoms with Gasteiger partial charge in [0.1, 0.15) is 6.07 Å². The number of halogens is 1. The molecule has 0 aliphatic rings. The van der Waals surface area contributed by atoms with Crippen molar-refractivity contribution in [2.45, 2.75) is 6.54 Å². The van der Waals surface area contributed by atoms with E-state index in [9.17, 15) is 9.18 Å². The largest absolute Gasteiger partial charge is 0.478 e. The van der Waals surface area contributed by atoms with Crippen LogP contribution in [0.15, 0.2) is 12.1 Å². The molecule has 0 unspecified atom stereocenters. The lowest BCUT2D eigenvalue weighted by Gasteiger charge is -2.02. The molecule has 0 bridgehead atoms. The Labute approximate surface area is 79.4 Å². The summed E-state index contributed by atoms with van der Waals surface area (Å²) in [4.78, 5) is 10.6. The van der Waals surface area contributed by atoms with Crippen molar-refractivity contribution in [2.75, 3.05) is 0 Å². The summed E-state index contributed by atoms with van der Waals surface area (Å²) in [6, 6.07) is 3.93. The molecule has 0 atom stereocenters. The lowest BCUT2D eigenvalue weighted by Crippen LogP contribution is -2.06. The first kappa shape index (κ1) is 10.2. The van der Waals surface area contributed by atoms with Crippen LogP contribution in [-0.4, -0.2) is 11.1 Å². The highest BCUT2D eigenvalue weighted by molar-refractivity contribution is 5.88. The number of hydrogen-bond donors (Lipinski definition) is 2. The summed E-state index contributed by atoms with van der Waals surface area (Å²) in [6.45, 7) is 0.0647. The molecule has 72 valence electrons. The second-order valence-electron chi connectivity index (χ2n) is 2.63. The Morgan fingerprint density at radius 1 is 1.64 bits per heavy atom. The van der Waals surface area contributed by atoms with Gasteiger partial charge >= 0.3 is 5.97 Å². The van der Waals surface area contributed by atoms with Gasteiger partial charge in [0.25, 0.3) is 0 Å². The van der Waals surface area contributed by atoms with Crippen LogP contribution in [0.3, 0.4) is 0 Å². The Bertz CT molecular complexity index is 424. The molecule has 0 saturated heterocycles. The fourth-order valence-corrected chi connectivity index (χ4v) is 1.04. The molecule has 0 radical (unpaired) electrons. The van der Waals surface area contributed by atoms with Crippen LogP contribution >= 0.6 is 0 Å². The zero-order valence-electron chi connectivity index (χ0n) is 7.12. The van der Waals surface area contributed by atoms with Crippen LogP contribution in [-0.2, 0) is 6.54 Å². The van der Waals surface area contributed by atoms with Crippen molar-refractivity contribution in [3.05, 3.63) is 34.6 Å². The van der Waals surface area contributed by atoms with Crippen molar-refractivity contribution < 1.29 is 14.3 Å². The van der Waals surface area contributed by atoms with Crippen LogP contribution in [0.25, 0.3) is 0 Å². The van der Waals surface area contributed by atoms with Gasteiger partial charge < -0.3 is 10.8 Å². The van der Waals surface area contributed by atoms with E-state index in [0.717, 1.165) is 6.07 Å². The Morgan fingerprint density at radius 3 is 2.71 bits per heavy atom. The van der Waals surface area contributed by atoms with E-state index >= 15 is 0 Å². The molecule has 5 heteroatoms. The molecule has 0 aliphatic carbocycles. The minimum atomic E-state index is -1.41. The highest BCUT2D eigenvalue weighted by Gasteiger charge is 2.15. The molecule has 1 aromatic carbocycles. The van der Waals surface area contributed by atoms with E-state index in [4.69, 9.17) is 16.1 Å². The maximum Gasteiger partial charge on any atom is 0.338 e. The van der Waals surface area contributed by atoms with E-state index in [-0.39, 0.29) is 12.1 Å². The topological polar surface area (TPSA) is 87.1 Å². The van der Waals surface area contributed by atoms with Crippen molar-refractivity contribution in [3.63, 3.8) is 0 Å². The predicted molar refractivity (Wildman–Crippen MR) is 46.0 cm³/mol. The molecule has 0 spiro atoms. The normalized spacial score (nSPS) is 9.50. The summed E-state index contributed by atoms with van der Waals surface area (Å²) in [6.07, 6.45) is 0. The molecule has 0 saturated carbocycles. The number of hydrogen-bond acceptors (Lipinski definition) is 3. The zero-order chi connectivity index (χ0) is 10.7. The van der Waals surface area contributed by atoms with Gasteiger partial charge in [-0.3, -0.25) is 0 Å². The van der Waals surface area contributed by atoms with Crippen LogP contribution in [0.4, 0.5) is 4.39 Å². The molecule has 14 heavy (non-hydrogen) atoms. The number of aromatic carboxylic acids is 1. The molecule has 0 amide bonds. The maximum absolute atomic E-state index is 13.2. The summed E-state index contributed by atoms with van der Waals surface area (Å²) in [5, 5.41) is 17.1. The van der Waals surface area contributed by atoms with Crippen LogP contribution < -0.4 is 5.73 Å². The summed E-state index contributed by atoms with van der Waals surface area (Å²) in [5.41, 5.74) is 4.86. The Morgan fingerprint density at radius 2 is 2.29 bits per heavy atom. The molecular weight excluding hydrogens is 187 g/mol. The third kappa shape index (κ3) is 1.70. The number of benzene rings is 1. The summed E-state index contributed by atoms with van der Waals surface area (Å²) in [7, 11) is 0. The summed E-state index contributed by atoms with van der Waals surface area (Å²) in [5.74, 6) is -2.42. The van der Waals surface area contributed by atoms with Gasteiger partial charge in [0.15, 0.2) is 5.82 Å². The third-order valence-corrected chi connectivity index (χ3v) is 1.72. The molecule has 4 nitrogen and oxygen atoms in total. The molecule has 0 aliphatic heterocycles. The van der Waals surface area contributed by atoms with E-state index in [1.54, 1.807) is 6.07 Å². The van der Waals surface area contributed by atoms with Crippen LogP contribution in [0.2, 0.25) is 0 Å². The fourth-order valence-electron chi connectivity index (χ4n) is 1.04. The number of carbonyl (C=O) groups is 1. The van der Waals surface area contributed by atoms with Crippen LogP contribution in [0, 0.1) is 17.1 Å². The summed E-state index contributed by atoms with van der Waals surface area (Å²) >= 11 is 0. The van der Waals surface area contributed by atoms with E-state index in [1.165, 1.54) is 6.07 Å². The first-order valence-corrected chi connectivity index (χ1v) is 3.76.